The summed E-state index contributed by atoms with van der Waals surface area (Å²) < 4.78 is 0. The summed E-state index contributed by atoms with van der Waals surface area (Å²) in [5.41, 5.74) is 1.49. The average molecular weight is 261 g/mol. The van der Waals surface area contributed by atoms with E-state index >= 15 is 0 Å². The van der Waals surface area contributed by atoms with Gasteiger partial charge in [-0.3, -0.25) is 9.89 Å². The number of hydrogen-bond acceptors (Lipinski definition) is 3. The maximum atomic E-state index is 11.7. The summed E-state index contributed by atoms with van der Waals surface area (Å²) in [7, 11) is 0. The van der Waals surface area contributed by atoms with Gasteiger partial charge in [0.1, 0.15) is 6.07 Å². The Morgan fingerprint density at radius 3 is 3.00 bits per heavy atom. The van der Waals surface area contributed by atoms with Crippen molar-refractivity contribution in [2.24, 2.45) is 0 Å². The number of benzene rings is 1. The van der Waals surface area contributed by atoms with Gasteiger partial charge in [-0.15, -0.1) is 0 Å². The van der Waals surface area contributed by atoms with Crippen LogP contribution in [0.1, 0.15) is 11.3 Å². The number of H-pyrrole nitrogens is 1. The molecule has 1 aromatic carbocycles. The van der Waals surface area contributed by atoms with Crippen LogP contribution < -0.4 is 5.32 Å². The van der Waals surface area contributed by atoms with Gasteiger partial charge < -0.3 is 5.32 Å². The van der Waals surface area contributed by atoms with Crippen LogP contribution in [0.15, 0.2) is 30.5 Å². The molecule has 0 saturated carbocycles. The molecule has 90 valence electrons. The smallest absolute Gasteiger partial charge is 0.230 e. The fraction of sp³-hybridized carbons (Fsp3) is 0.0833. The number of rotatable bonds is 3. The van der Waals surface area contributed by atoms with Gasteiger partial charge in [0, 0.05) is 16.9 Å². The highest BCUT2D eigenvalue weighted by Crippen LogP contribution is 2.20. The van der Waals surface area contributed by atoms with Crippen LogP contribution in [0.2, 0.25) is 5.02 Å². The Bertz CT molecular complexity index is 601. The predicted molar refractivity (Wildman–Crippen MR) is 67.1 cm³/mol. The molecule has 0 spiro atoms. The number of nitrogens with zero attached hydrogens (tertiary/aromatic N) is 2. The van der Waals surface area contributed by atoms with Gasteiger partial charge in [0.15, 0.2) is 0 Å². The second kappa shape index (κ2) is 5.34. The van der Waals surface area contributed by atoms with Crippen molar-refractivity contribution >= 4 is 23.2 Å². The zero-order valence-corrected chi connectivity index (χ0v) is 10.0. The van der Waals surface area contributed by atoms with Gasteiger partial charge >= 0.3 is 0 Å². The van der Waals surface area contributed by atoms with Crippen molar-refractivity contribution in [1.82, 2.24) is 10.2 Å². The number of aromatic nitrogens is 2. The van der Waals surface area contributed by atoms with E-state index in [0.717, 1.165) is 0 Å². The number of carbonyl (C=O) groups is 1. The van der Waals surface area contributed by atoms with E-state index in [-0.39, 0.29) is 12.3 Å². The first-order valence-electron chi connectivity index (χ1n) is 5.17. The molecular formula is C12H9ClN4O. The molecule has 1 aromatic heterocycles. The Hall–Kier alpha value is -2.32. The van der Waals surface area contributed by atoms with Crippen LogP contribution in [-0.2, 0) is 11.2 Å². The molecule has 0 atom stereocenters. The molecule has 2 rings (SSSR count). The zero-order chi connectivity index (χ0) is 13.0. The molecule has 0 saturated heterocycles. The van der Waals surface area contributed by atoms with Crippen LogP contribution in [0.5, 0.6) is 0 Å². The lowest BCUT2D eigenvalue weighted by atomic mass is 10.2. The van der Waals surface area contributed by atoms with Crippen LogP contribution in [0, 0.1) is 11.3 Å². The molecule has 18 heavy (non-hydrogen) atoms. The van der Waals surface area contributed by atoms with E-state index in [1.54, 1.807) is 30.5 Å². The van der Waals surface area contributed by atoms with Gasteiger partial charge in [-0.05, 0) is 24.3 Å². The predicted octanol–water partition coefficient (Wildman–Crippen LogP) is 2.12. The molecule has 0 bridgehead atoms. The van der Waals surface area contributed by atoms with Crippen LogP contribution in [0.25, 0.3) is 0 Å². The number of carbonyl (C=O) groups excluding carboxylic acids is 1. The first-order chi connectivity index (χ1) is 8.69. The molecule has 0 aliphatic heterocycles. The van der Waals surface area contributed by atoms with E-state index in [4.69, 9.17) is 16.9 Å². The number of halogens is 1. The Morgan fingerprint density at radius 2 is 2.33 bits per heavy atom. The van der Waals surface area contributed by atoms with Crippen LogP contribution in [0.3, 0.4) is 0 Å². The first-order valence-corrected chi connectivity index (χ1v) is 5.54. The van der Waals surface area contributed by atoms with Gasteiger partial charge in [-0.25, -0.2) is 0 Å². The zero-order valence-electron chi connectivity index (χ0n) is 9.27. The third kappa shape index (κ3) is 2.87. The standard InChI is InChI=1S/C12H9ClN4O/c13-9-2-1-8(7-14)11(5-9)16-12(18)6-10-3-4-15-17-10/h1-5H,6H2,(H,15,17)(H,16,18). The van der Waals surface area contributed by atoms with E-state index in [1.807, 2.05) is 6.07 Å². The lowest BCUT2D eigenvalue weighted by Gasteiger charge is -2.06. The maximum absolute atomic E-state index is 11.7. The van der Waals surface area contributed by atoms with Gasteiger partial charge in [-0.2, -0.15) is 10.4 Å². The maximum Gasteiger partial charge on any atom is 0.230 e. The summed E-state index contributed by atoms with van der Waals surface area (Å²) in [5.74, 6) is -0.238. The fourth-order valence-corrected chi connectivity index (χ4v) is 1.64. The van der Waals surface area contributed by atoms with E-state index in [2.05, 4.69) is 15.5 Å². The number of nitriles is 1. The average Bonchev–Trinajstić information content (AvgIpc) is 2.82. The largest absolute Gasteiger partial charge is 0.325 e. The highest BCUT2D eigenvalue weighted by Gasteiger charge is 2.09. The molecule has 6 heteroatoms. The minimum absolute atomic E-state index is 0.164. The summed E-state index contributed by atoms with van der Waals surface area (Å²) in [6.45, 7) is 0. The molecule has 0 aliphatic carbocycles. The summed E-state index contributed by atoms with van der Waals surface area (Å²) in [6, 6.07) is 8.42. The van der Waals surface area contributed by atoms with Crippen molar-refractivity contribution in [3.63, 3.8) is 0 Å². The number of anilines is 1. The van der Waals surface area contributed by atoms with E-state index in [1.165, 1.54) is 0 Å². The van der Waals surface area contributed by atoms with Crippen molar-refractivity contribution in [2.75, 3.05) is 5.32 Å². The van der Waals surface area contributed by atoms with Crippen molar-refractivity contribution in [2.45, 2.75) is 6.42 Å². The minimum Gasteiger partial charge on any atom is -0.325 e. The number of aromatic amines is 1. The van der Waals surface area contributed by atoms with Gasteiger partial charge in [0.05, 0.1) is 17.7 Å². The SMILES string of the molecule is N#Cc1ccc(Cl)cc1NC(=O)Cc1ccn[nH]1. The van der Waals surface area contributed by atoms with Gasteiger partial charge in [0.25, 0.3) is 0 Å². The quantitative estimate of drug-likeness (QED) is 0.887. The molecule has 1 heterocycles. The lowest BCUT2D eigenvalue weighted by molar-refractivity contribution is -0.115. The normalized spacial score (nSPS) is 9.78. The van der Waals surface area contributed by atoms with Gasteiger partial charge in [0.2, 0.25) is 5.91 Å². The summed E-state index contributed by atoms with van der Waals surface area (Å²) in [5, 5.41) is 18.5. The molecule has 0 aliphatic rings. The first kappa shape index (κ1) is 12.1. The van der Waals surface area contributed by atoms with E-state index in [0.29, 0.717) is 22.0 Å². The third-order valence-corrected chi connectivity index (χ3v) is 2.52. The van der Waals surface area contributed by atoms with E-state index in [9.17, 15) is 4.79 Å². The topological polar surface area (TPSA) is 81.6 Å². The minimum atomic E-state index is -0.238. The molecule has 2 N–H and O–H groups in total. The molecule has 0 fully saturated rings. The van der Waals surface area contributed by atoms with Crippen molar-refractivity contribution in [3.05, 3.63) is 46.7 Å². The summed E-state index contributed by atoms with van der Waals surface area (Å²) in [4.78, 5) is 11.7. The second-order valence-electron chi connectivity index (χ2n) is 3.61. The van der Waals surface area contributed by atoms with Crippen molar-refractivity contribution in [3.8, 4) is 6.07 Å². The second-order valence-corrected chi connectivity index (χ2v) is 4.04. The summed E-state index contributed by atoms with van der Waals surface area (Å²) in [6.07, 6.45) is 1.74. The number of hydrogen-bond donors (Lipinski definition) is 2. The summed E-state index contributed by atoms with van der Waals surface area (Å²) >= 11 is 5.82. The van der Waals surface area contributed by atoms with Crippen LogP contribution in [-0.4, -0.2) is 16.1 Å². The van der Waals surface area contributed by atoms with Crippen LogP contribution in [0.4, 0.5) is 5.69 Å². The van der Waals surface area contributed by atoms with E-state index < -0.39 is 0 Å². The Kier molecular flexibility index (Phi) is 3.60. The monoisotopic (exact) mass is 260 g/mol. The molecule has 1 amide bonds. The molecule has 0 unspecified atom stereocenters. The molecule has 2 aromatic rings. The lowest BCUT2D eigenvalue weighted by Crippen LogP contribution is -2.15. The Labute approximate surface area is 108 Å². The Morgan fingerprint density at radius 1 is 1.50 bits per heavy atom. The molecule has 0 radical (unpaired) electrons. The number of nitrogens with one attached hydrogen (secondary N) is 2. The van der Waals surface area contributed by atoms with Crippen molar-refractivity contribution in [1.29, 1.82) is 5.26 Å². The molecule has 5 nitrogen and oxygen atoms in total. The molecular weight excluding hydrogens is 252 g/mol. The van der Waals surface area contributed by atoms with Crippen molar-refractivity contribution < 1.29 is 4.79 Å². The van der Waals surface area contributed by atoms with Crippen LogP contribution >= 0.6 is 11.6 Å². The Balaban J connectivity index is 2.12. The fourth-order valence-electron chi connectivity index (χ4n) is 1.47. The highest BCUT2D eigenvalue weighted by molar-refractivity contribution is 6.31. The number of amides is 1. The third-order valence-electron chi connectivity index (χ3n) is 2.29. The van der Waals surface area contributed by atoms with Gasteiger partial charge in [-0.1, -0.05) is 11.6 Å². The highest BCUT2D eigenvalue weighted by atomic mass is 35.5.